The number of amides is 1. The molecule has 0 saturated heterocycles. The summed E-state index contributed by atoms with van der Waals surface area (Å²) in [7, 11) is 1.65. The van der Waals surface area contributed by atoms with Gasteiger partial charge in [0.25, 0.3) is 12.3 Å². The number of anilines is 1. The van der Waals surface area contributed by atoms with Gasteiger partial charge in [-0.2, -0.15) is 18.3 Å². The molecule has 0 bridgehead atoms. The first-order valence-electron chi connectivity index (χ1n) is 15.9. The predicted octanol–water partition coefficient (Wildman–Crippen LogP) is 8.07. The van der Waals surface area contributed by atoms with E-state index >= 15 is 8.78 Å². The number of amidine groups is 1. The summed E-state index contributed by atoms with van der Waals surface area (Å²) >= 11 is 9.09. The fourth-order valence-electron chi connectivity index (χ4n) is 7.06. The molecule has 0 radical (unpaired) electrons. The maximum absolute atomic E-state index is 15.3. The van der Waals surface area contributed by atoms with Gasteiger partial charge in [-0.05, 0) is 67.5 Å². The van der Waals surface area contributed by atoms with Crippen LogP contribution < -0.4 is 16.4 Å². The van der Waals surface area contributed by atoms with Crippen LogP contribution in [0.1, 0.15) is 63.6 Å². The van der Waals surface area contributed by atoms with E-state index in [0.29, 0.717) is 48.5 Å². The zero-order chi connectivity index (χ0) is 37.2. The Bertz CT molecular complexity index is 2260. The quantitative estimate of drug-likeness (QED) is 0.0537. The Morgan fingerprint density at radius 2 is 1.88 bits per heavy atom. The lowest BCUT2D eigenvalue weighted by Crippen LogP contribution is -2.35. The van der Waals surface area contributed by atoms with Crippen LogP contribution in [0.15, 0.2) is 40.8 Å². The molecule has 52 heavy (non-hydrogen) atoms. The van der Waals surface area contributed by atoms with E-state index in [-0.39, 0.29) is 40.5 Å². The van der Waals surface area contributed by atoms with Crippen LogP contribution in [0.4, 0.5) is 32.0 Å². The molecule has 2 aromatic carbocycles. The molecule has 7 rings (SSSR count). The molecule has 9 nitrogen and oxygen atoms in total. The molecule has 1 saturated carbocycles. The number of nitrogens with two attached hydrogens (primary N) is 1. The van der Waals surface area contributed by atoms with E-state index in [0.717, 1.165) is 24.1 Å². The van der Waals surface area contributed by atoms with Crippen molar-refractivity contribution >= 4 is 62.7 Å². The molecule has 2 aliphatic carbocycles. The van der Waals surface area contributed by atoms with Crippen LogP contribution in [0.25, 0.3) is 21.5 Å². The topological polar surface area (TPSA) is 123 Å². The molecule has 272 valence electrons. The Hall–Kier alpha value is -4.35. The number of aryl methyl sites for hydroxylation is 1. The van der Waals surface area contributed by atoms with Crippen molar-refractivity contribution in [3.05, 3.63) is 91.8 Å². The number of hydrogen-bond donors (Lipinski definition) is 3. The van der Waals surface area contributed by atoms with Gasteiger partial charge < -0.3 is 16.4 Å². The maximum Gasteiger partial charge on any atom is 0.293 e. The van der Waals surface area contributed by atoms with Crippen molar-refractivity contribution in [2.45, 2.75) is 50.6 Å². The SMILES string of the molecule is CNc1c(-c2cc3sc(C)nc3nc2C(Cc2cc(F)cc(F)c2)NC(=O)Cn2nc(C(F)F)c3c2C(F)(F)C2CC32)ccc(Cl)c1/C(N)=N/SC. The second kappa shape index (κ2) is 13.6. The smallest absolute Gasteiger partial charge is 0.293 e. The highest BCUT2D eigenvalue weighted by atomic mass is 35.5. The first-order valence-corrected chi connectivity index (χ1v) is 18.3. The van der Waals surface area contributed by atoms with Crippen LogP contribution in [0.2, 0.25) is 5.02 Å². The molecule has 0 spiro atoms. The van der Waals surface area contributed by atoms with Gasteiger partial charge in [0.15, 0.2) is 5.65 Å². The average molecular weight is 779 g/mol. The fraction of sp³-hybridized carbons (Fsp3) is 0.324. The van der Waals surface area contributed by atoms with Crippen molar-refractivity contribution in [2.75, 3.05) is 18.6 Å². The third-order valence-electron chi connectivity index (χ3n) is 9.15. The average Bonchev–Trinajstić information content (AvgIpc) is 3.57. The van der Waals surface area contributed by atoms with Gasteiger partial charge in [-0.1, -0.05) is 17.7 Å². The lowest BCUT2D eigenvalue weighted by molar-refractivity contribution is -0.123. The van der Waals surface area contributed by atoms with Crippen molar-refractivity contribution in [3.63, 3.8) is 0 Å². The van der Waals surface area contributed by atoms with E-state index in [1.54, 1.807) is 38.4 Å². The van der Waals surface area contributed by atoms with E-state index in [9.17, 15) is 22.4 Å². The first kappa shape index (κ1) is 36.0. The van der Waals surface area contributed by atoms with Gasteiger partial charge in [0.2, 0.25) is 5.91 Å². The second-order valence-corrected chi connectivity index (χ2v) is 14.7. The number of nitrogens with one attached hydrogen (secondary N) is 2. The number of rotatable bonds is 11. The third kappa shape index (κ3) is 6.36. The molecule has 0 aliphatic heterocycles. The molecule has 5 aromatic rings. The minimum absolute atomic E-state index is 0.0622. The largest absolute Gasteiger partial charge is 0.387 e. The molecule has 2 aliphatic rings. The Balaban J connectivity index is 1.37. The van der Waals surface area contributed by atoms with E-state index in [1.807, 2.05) is 0 Å². The standard InChI is InChI=1S/C34H29ClF6N8OS2/c1-13-44-33-23(52-13)11-18(17-4-5-21(35)26(28(17)43-2)32(42)48-51-3)27(46-33)22(8-14-6-15(36)9-16(37)7-14)45-24(50)12-49-30-25(29(47-49)31(38)39)19-10-20(19)34(30,40)41/h4-7,9,11,19-20,22,31,43H,8,10,12H2,1-3H3,(H2,42,48)(H,45,50). The number of benzene rings is 2. The van der Waals surface area contributed by atoms with Gasteiger partial charge in [0, 0.05) is 42.0 Å². The van der Waals surface area contributed by atoms with Gasteiger partial charge >= 0.3 is 0 Å². The van der Waals surface area contributed by atoms with Crippen molar-refractivity contribution < 1.29 is 31.1 Å². The second-order valence-electron chi connectivity index (χ2n) is 12.5. The molecular weight excluding hydrogens is 750 g/mol. The maximum atomic E-state index is 15.3. The molecule has 4 N–H and O–H groups in total. The predicted molar refractivity (Wildman–Crippen MR) is 189 cm³/mol. The Labute approximate surface area is 306 Å². The van der Waals surface area contributed by atoms with Crippen LogP contribution in [0.3, 0.4) is 0 Å². The number of hydrogen-bond acceptors (Lipinski definition) is 8. The molecule has 3 atom stereocenters. The summed E-state index contributed by atoms with van der Waals surface area (Å²) in [5.41, 5.74) is 7.12. The fourth-order valence-corrected chi connectivity index (χ4v) is 8.41. The summed E-state index contributed by atoms with van der Waals surface area (Å²) in [5, 5.41) is 10.6. The Morgan fingerprint density at radius 1 is 1.15 bits per heavy atom. The number of carbonyl (C=O) groups is 1. The van der Waals surface area contributed by atoms with Crippen molar-refractivity contribution in [1.82, 2.24) is 25.1 Å². The molecular formula is C34H29ClF6N8OS2. The number of alkyl halides is 4. The summed E-state index contributed by atoms with van der Waals surface area (Å²) in [6, 6.07) is 6.83. The first-order chi connectivity index (χ1) is 24.7. The molecule has 1 amide bonds. The molecule has 18 heteroatoms. The van der Waals surface area contributed by atoms with Crippen LogP contribution in [0.5, 0.6) is 0 Å². The normalized spacial score (nSPS) is 18.1. The Morgan fingerprint density at radius 3 is 2.56 bits per heavy atom. The molecule has 3 aromatic heterocycles. The van der Waals surface area contributed by atoms with Crippen molar-refractivity contribution in [3.8, 4) is 11.1 Å². The number of carbonyl (C=O) groups excluding carboxylic acids is 1. The van der Waals surface area contributed by atoms with Crippen LogP contribution >= 0.6 is 34.9 Å². The van der Waals surface area contributed by atoms with Gasteiger partial charge in [-0.3, -0.25) is 9.48 Å². The van der Waals surface area contributed by atoms with Gasteiger partial charge in [0.1, 0.15) is 35.4 Å². The van der Waals surface area contributed by atoms with Gasteiger partial charge in [0.05, 0.1) is 37.7 Å². The van der Waals surface area contributed by atoms with Crippen LogP contribution in [0, 0.1) is 24.5 Å². The Kier molecular flexibility index (Phi) is 9.40. The lowest BCUT2D eigenvalue weighted by Gasteiger charge is -2.24. The summed E-state index contributed by atoms with van der Waals surface area (Å²) in [4.78, 5) is 23.2. The van der Waals surface area contributed by atoms with E-state index in [4.69, 9.17) is 22.3 Å². The number of halogens is 7. The number of nitrogens with zero attached hydrogens (tertiary/aromatic N) is 5. The molecule has 1 fully saturated rings. The minimum Gasteiger partial charge on any atom is -0.387 e. The zero-order valence-corrected chi connectivity index (χ0v) is 30.0. The van der Waals surface area contributed by atoms with Crippen LogP contribution in [-0.4, -0.2) is 44.8 Å². The lowest BCUT2D eigenvalue weighted by atomic mass is 9.92. The number of pyridine rings is 1. The third-order valence-corrected chi connectivity index (χ3v) is 10.7. The summed E-state index contributed by atoms with van der Waals surface area (Å²) in [6.07, 6.45) is -1.55. The van der Waals surface area contributed by atoms with Gasteiger partial charge in [-0.25, -0.2) is 27.5 Å². The van der Waals surface area contributed by atoms with Crippen molar-refractivity contribution in [1.29, 1.82) is 0 Å². The van der Waals surface area contributed by atoms with E-state index in [2.05, 4.69) is 25.1 Å². The van der Waals surface area contributed by atoms with Crippen molar-refractivity contribution in [2.24, 2.45) is 16.0 Å². The number of aromatic nitrogens is 4. The van der Waals surface area contributed by atoms with Gasteiger partial charge in [-0.15, -0.1) is 11.3 Å². The number of fused-ring (bicyclic) bond motifs is 4. The summed E-state index contributed by atoms with van der Waals surface area (Å²) < 4.78 is 93.1. The number of thiazole rings is 1. The summed E-state index contributed by atoms with van der Waals surface area (Å²) in [6.45, 7) is 0.954. The van der Waals surface area contributed by atoms with E-state index < -0.39 is 65.7 Å². The molecule has 3 unspecified atom stereocenters. The minimum atomic E-state index is -3.45. The molecule has 3 heterocycles. The summed E-state index contributed by atoms with van der Waals surface area (Å²) in [5.74, 6) is -7.81. The van der Waals surface area contributed by atoms with E-state index in [1.165, 1.54) is 11.3 Å². The zero-order valence-electron chi connectivity index (χ0n) is 27.6. The monoisotopic (exact) mass is 778 g/mol. The highest BCUT2D eigenvalue weighted by Gasteiger charge is 2.67. The van der Waals surface area contributed by atoms with Crippen LogP contribution in [-0.2, 0) is 23.7 Å². The highest BCUT2D eigenvalue weighted by molar-refractivity contribution is 7.97. The highest BCUT2D eigenvalue weighted by Crippen LogP contribution is 2.68.